The summed E-state index contributed by atoms with van der Waals surface area (Å²) in [6, 6.07) is 15.2. The van der Waals surface area contributed by atoms with Crippen molar-refractivity contribution in [2.45, 2.75) is 65.2 Å². The number of hydrogen-bond donors (Lipinski definition) is 0. The first-order valence-corrected chi connectivity index (χ1v) is 10.3. The van der Waals surface area contributed by atoms with E-state index in [-0.39, 0.29) is 10.8 Å². The Balaban J connectivity index is 1.97. The topological polar surface area (TPSA) is 18.5 Å². The Morgan fingerprint density at radius 1 is 0.692 bits per heavy atom. The van der Waals surface area contributed by atoms with E-state index in [0.717, 1.165) is 12.8 Å². The van der Waals surface area contributed by atoms with Crippen LogP contribution in [-0.4, -0.2) is 0 Å². The van der Waals surface area contributed by atoms with Crippen LogP contribution in [-0.2, 0) is 10.8 Å². The Kier molecular flexibility index (Phi) is 6.69. The van der Waals surface area contributed by atoms with Gasteiger partial charge in [0.1, 0.15) is 11.5 Å². The second-order valence-corrected chi connectivity index (χ2v) is 8.71. The Labute approximate surface area is 158 Å². The molecule has 0 spiro atoms. The van der Waals surface area contributed by atoms with E-state index >= 15 is 0 Å². The third kappa shape index (κ3) is 5.20. The van der Waals surface area contributed by atoms with Crippen LogP contribution in [0.15, 0.2) is 48.5 Å². The molecule has 0 amide bonds. The maximum absolute atomic E-state index is 14.2. The highest BCUT2D eigenvalue weighted by atomic mass is 31.2. The van der Waals surface area contributed by atoms with Crippen LogP contribution in [0.4, 0.5) is 4.20 Å². The van der Waals surface area contributed by atoms with Crippen molar-refractivity contribution in [1.29, 1.82) is 0 Å². The fraction of sp³-hybridized carbons (Fsp3) is 0.455. The Bertz CT molecular complexity index is 632. The zero-order valence-corrected chi connectivity index (χ0v) is 17.6. The molecule has 2 rings (SSSR count). The summed E-state index contributed by atoms with van der Waals surface area (Å²) in [4.78, 5) is 0. The van der Waals surface area contributed by atoms with E-state index in [1.807, 2.05) is 24.3 Å². The lowest BCUT2D eigenvalue weighted by Gasteiger charge is -2.23. The molecule has 0 aromatic heterocycles. The van der Waals surface area contributed by atoms with Crippen molar-refractivity contribution in [2.75, 3.05) is 0 Å². The summed E-state index contributed by atoms with van der Waals surface area (Å²) in [6.45, 7) is 13.1. The molecule has 2 aromatic carbocycles. The number of rotatable bonds is 8. The zero-order valence-electron chi connectivity index (χ0n) is 16.7. The quantitative estimate of drug-likeness (QED) is 0.439. The molecule has 0 fully saturated rings. The highest BCUT2D eigenvalue weighted by molar-refractivity contribution is 7.42. The van der Waals surface area contributed by atoms with Crippen LogP contribution in [0.2, 0.25) is 0 Å². The average Bonchev–Trinajstić information content (AvgIpc) is 2.62. The van der Waals surface area contributed by atoms with Crippen molar-refractivity contribution in [3.05, 3.63) is 59.7 Å². The summed E-state index contributed by atoms with van der Waals surface area (Å²) >= 11 is 0. The normalized spacial score (nSPS) is 12.3. The van der Waals surface area contributed by atoms with Crippen LogP contribution in [0.25, 0.3) is 0 Å². The van der Waals surface area contributed by atoms with E-state index in [1.54, 1.807) is 24.3 Å². The molecule has 0 unspecified atom stereocenters. The Hall–Kier alpha value is -1.60. The second-order valence-electron chi connectivity index (χ2n) is 7.92. The van der Waals surface area contributed by atoms with Crippen LogP contribution in [0.3, 0.4) is 0 Å². The van der Waals surface area contributed by atoms with Crippen LogP contribution in [0.5, 0.6) is 11.5 Å². The van der Waals surface area contributed by atoms with Gasteiger partial charge in [-0.2, -0.15) is 0 Å². The number of hydrogen-bond acceptors (Lipinski definition) is 2. The molecule has 142 valence electrons. The van der Waals surface area contributed by atoms with Crippen LogP contribution in [0.1, 0.15) is 65.5 Å². The fourth-order valence-corrected chi connectivity index (χ4v) is 3.14. The molecule has 0 heterocycles. The van der Waals surface area contributed by atoms with Crippen LogP contribution in [0, 0.1) is 0 Å². The first-order chi connectivity index (χ1) is 12.2. The maximum Gasteiger partial charge on any atom is 0.505 e. The molecule has 0 atom stereocenters. The van der Waals surface area contributed by atoms with E-state index in [1.165, 1.54) is 11.1 Å². The van der Waals surface area contributed by atoms with Crippen LogP contribution < -0.4 is 9.05 Å². The highest BCUT2D eigenvalue weighted by Gasteiger charge is 2.20. The van der Waals surface area contributed by atoms with Gasteiger partial charge in [0.25, 0.3) is 0 Å². The summed E-state index contributed by atoms with van der Waals surface area (Å²) in [5.74, 6) is 0.969. The van der Waals surface area contributed by atoms with Crippen molar-refractivity contribution in [3.63, 3.8) is 0 Å². The fourth-order valence-electron chi connectivity index (χ4n) is 2.53. The van der Waals surface area contributed by atoms with Crippen molar-refractivity contribution in [2.24, 2.45) is 0 Å². The molecular formula is C22H30FO2P. The van der Waals surface area contributed by atoms with Gasteiger partial charge in [0.15, 0.2) is 0 Å². The lowest BCUT2D eigenvalue weighted by Crippen LogP contribution is -2.15. The minimum atomic E-state index is -2.52. The lowest BCUT2D eigenvalue weighted by molar-refractivity contribution is 0.438. The van der Waals surface area contributed by atoms with E-state index in [9.17, 15) is 4.20 Å². The minimum absolute atomic E-state index is 0.101. The Morgan fingerprint density at radius 3 is 1.27 bits per heavy atom. The monoisotopic (exact) mass is 376 g/mol. The predicted octanol–water partition coefficient (Wildman–Crippen LogP) is 7.72. The third-order valence-electron chi connectivity index (χ3n) is 5.39. The van der Waals surface area contributed by atoms with Gasteiger partial charge in [-0.15, -0.1) is 4.20 Å². The van der Waals surface area contributed by atoms with Gasteiger partial charge in [-0.05, 0) is 59.1 Å². The van der Waals surface area contributed by atoms with Crippen molar-refractivity contribution < 1.29 is 13.2 Å². The van der Waals surface area contributed by atoms with Crippen molar-refractivity contribution in [1.82, 2.24) is 0 Å². The molecule has 0 bridgehead atoms. The summed E-state index contributed by atoms with van der Waals surface area (Å²) in [6.07, 6.45) is 2.08. The summed E-state index contributed by atoms with van der Waals surface area (Å²) in [5, 5.41) is 0. The van der Waals surface area contributed by atoms with Gasteiger partial charge >= 0.3 is 8.69 Å². The molecule has 0 radical (unpaired) electrons. The van der Waals surface area contributed by atoms with Gasteiger partial charge in [-0.25, -0.2) is 0 Å². The molecule has 26 heavy (non-hydrogen) atoms. The molecule has 0 N–H and O–H groups in total. The Morgan fingerprint density at radius 2 is 1.00 bits per heavy atom. The highest BCUT2D eigenvalue weighted by Crippen LogP contribution is 2.42. The molecule has 2 nitrogen and oxygen atoms in total. The molecule has 2 aromatic rings. The third-order valence-corrected chi connectivity index (χ3v) is 6.10. The first kappa shape index (κ1) is 20.7. The predicted molar refractivity (Wildman–Crippen MR) is 109 cm³/mol. The van der Waals surface area contributed by atoms with E-state index in [4.69, 9.17) is 9.05 Å². The summed E-state index contributed by atoms with van der Waals surface area (Å²) < 4.78 is 24.8. The molecule has 0 saturated heterocycles. The number of benzene rings is 2. The lowest BCUT2D eigenvalue weighted by atomic mass is 9.82. The van der Waals surface area contributed by atoms with Crippen molar-refractivity contribution >= 4 is 8.69 Å². The van der Waals surface area contributed by atoms with Gasteiger partial charge in [0.05, 0.1) is 0 Å². The first-order valence-electron chi connectivity index (χ1n) is 9.21. The number of halogens is 1. The van der Waals surface area contributed by atoms with E-state index in [2.05, 4.69) is 41.5 Å². The molecule has 0 saturated carbocycles. The molecule has 0 aliphatic carbocycles. The largest absolute Gasteiger partial charge is 0.505 e. The minimum Gasteiger partial charge on any atom is -0.415 e. The van der Waals surface area contributed by atoms with Gasteiger partial charge in [0.2, 0.25) is 0 Å². The van der Waals surface area contributed by atoms with E-state index in [0.29, 0.717) is 11.5 Å². The van der Waals surface area contributed by atoms with Gasteiger partial charge in [-0.3, -0.25) is 0 Å². The molecular weight excluding hydrogens is 346 g/mol. The molecule has 0 aliphatic heterocycles. The second kappa shape index (κ2) is 8.39. The van der Waals surface area contributed by atoms with Gasteiger partial charge in [0, 0.05) is 0 Å². The summed E-state index contributed by atoms with van der Waals surface area (Å²) in [7, 11) is -2.52. The van der Waals surface area contributed by atoms with Gasteiger partial charge < -0.3 is 9.05 Å². The maximum atomic E-state index is 14.2. The molecule has 4 heteroatoms. The zero-order chi connectivity index (χ0) is 19.4. The standard InChI is InChI=1S/C22H30FO2P/c1-7-21(3,4)17-9-13-19(14-10-17)24-26(23)25-20-15-11-18(12-16-20)22(5,6)8-2/h9-16H,7-8H2,1-6H3. The van der Waals surface area contributed by atoms with Crippen molar-refractivity contribution in [3.8, 4) is 11.5 Å². The SMILES string of the molecule is CCC(C)(C)c1ccc(OP(F)Oc2ccc(C(C)(C)CC)cc2)cc1. The molecule has 0 aliphatic rings. The van der Waals surface area contributed by atoms with Gasteiger partial charge in [-0.1, -0.05) is 65.8 Å². The smallest absolute Gasteiger partial charge is 0.415 e. The average molecular weight is 376 g/mol. The van der Waals surface area contributed by atoms with E-state index < -0.39 is 8.69 Å². The summed E-state index contributed by atoms with van der Waals surface area (Å²) in [5.41, 5.74) is 2.63. The van der Waals surface area contributed by atoms with Crippen LogP contribution >= 0.6 is 8.69 Å².